The Bertz CT molecular complexity index is 379. The van der Waals surface area contributed by atoms with Gasteiger partial charge in [-0.25, -0.2) is 0 Å². The fraction of sp³-hybridized carbons (Fsp3) is 0.625. The zero-order valence-electron chi connectivity index (χ0n) is 12.6. The predicted octanol–water partition coefficient (Wildman–Crippen LogP) is 3.74. The second kappa shape index (κ2) is 6.24. The first kappa shape index (κ1) is 15.0. The molecule has 0 saturated carbocycles. The summed E-state index contributed by atoms with van der Waals surface area (Å²) in [6.07, 6.45) is 1.16. The van der Waals surface area contributed by atoms with Gasteiger partial charge in [-0.05, 0) is 55.5 Å². The Balaban J connectivity index is 3.02. The maximum absolute atomic E-state index is 5.33. The fourth-order valence-electron chi connectivity index (χ4n) is 2.51. The monoisotopic (exact) mass is 249 g/mol. The van der Waals surface area contributed by atoms with Gasteiger partial charge in [-0.15, -0.1) is 0 Å². The lowest BCUT2D eigenvalue weighted by Gasteiger charge is -2.31. The van der Waals surface area contributed by atoms with Crippen LogP contribution in [0.4, 0.5) is 0 Å². The number of rotatable bonds is 5. The Morgan fingerprint density at radius 2 is 1.94 bits per heavy atom. The van der Waals surface area contributed by atoms with Gasteiger partial charge in [0.2, 0.25) is 0 Å². The molecule has 0 amide bonds. The Morgan fingerprint density at radius 3 is 2.39 bits per heavy atom. The van der Waals surface area contributed by atoms with E-state index in [1.807, 2.05) is 7.05 Å². The predicted molar refractivity (Wildman–Crippen MR) is 78.5 cm³/mol. The number of hydrogen-bond donors (Lipinski definition) is 1. The molecular weight excluding hydrogens is 222 g/mol. The van der Waals surface area contributed by atoms with Crippen molar-refractivity contribution in [1.82, 2.24) is 5.32 Å². The highest BCUT2D eigenvalue weighted by Crippen LogP contribution is 2.38. The van der Waals surface area contributed by atoms with Crippen LogP contribution in [0.2, 0.25) is 0 Å². The second-order valence-electron chi connectivity index (χ2n) is 6.04. The summed E-state index contributed by atoms with van der Waals surface area (Å²) in [5.41, 5.74) is 2.91. The molecule has 1 aromatic carbocycles. The van der Waals surface area contributed by atoms with E-state index < -0.39 is 0 Å². The smallest absolute Gasteiger partial charge is 0.121 e. The summed E-state index contributed by atoms with van der Waals surface area (Å²) in [5.74, 6) is 1.54. The molecule has 0 bridgehead atoms. The van der Waals surface area contributed by atoms with Gasteiger partial charge in [0, 0.05) is 0 Å². The maximum atomic E-state index is 5.33. The number of nitrogens with one attached hydrogen (secondary N) is 1. The third-order valence-corrected chi connectivity index (χ3v) is 3.55. The van der Waals surface area contributed by atoms with E-state index in [4.69, 9.17) is 4.74 Å². The summed E-state index contributed by atoms with van der Waals surface area (Å²) in [7, 11) is 3.74. The third-order valence-electron chi connectivity index (χ3n) is 3.55. The zero-order valence-corrected chi connectivity index (χ0v) is 12.6. The SMILES string of the molecule is CNCCC(c1ccc(OC)c(C)c1)C(C)(C)C. The normalized spacial score (nSPS) is 13.4. The minimum Gasteiger partial charge on any atom is -0.496 e. The summed E-state index contributed by atoms with van der Waals surface area (Å²) in [5, 5.41) is 3.25. The number of hydrogen-bond acceptors (Lipinski definition) is 2. The molecule has 2 heteroatoms. The quantitative estimate of drug-likeness (QED) is 0.858. The molecule has 0 saturated heterocycles. The van der Waals surface area contributed by atoms with Crippen molar-refractivity contribution in [3.63, 3.8) is 0 Å². The molecule has 0 aliphatic carbocycles. The van der Waals surface area contributed by atoms with Crippen molar-refractivity contribution in [3.8, 4) is 5.75 Å². The fourth-order valence-corrected chi connectivity index (χ4v) is 2.51. The minimum atomic E-state index is 0.276. The molecule has 0 spiro atoms. The Kier molecular flexibility index (Phi) is 5.21. The molecule has 0 aliphatic rings. The van der Waals surface area contributed by atoms with Gasteiger partial charge in [-0.3, -0.25) is 0 Å². The lowest BCUT2D eigenvalue weighted by atomic mass is 9.74. The van der Waals surface area contributed by atoms with E-state index in [9.17, 15) is 0 Å². The molecule has 0 aliphatic heterocycles. The van der Waals surface area contributed by atoms with Crippen molar-refractivity contribution < 1.29 is 4.74 Å². The van der Waals surface area contributed by atoms with E-state index >= 15 is 0 Å². The third kappa shape index (κ3) is 3.74. The molecule has 1 aromatic rings. The van der Waals surface area contributed by atoms with Crippen molar-refractivity contribution in [2.45, 2.75) is 40.0 Å². The standard InChI is InChI=1S/C16H27NO/c1-12-11-13(7-8-15(12)18-6)14(9-10-17-5)16(2,3)4/h7-8,11,14,17H,9-10H2,1-6H3. The Hall–Kier alpha value is -1.02. The van der Waals surface area contributed by atoms with Crippen molar-refractivity contribution in [2.24, 2.45) is 5.41 Å². The second-order valence-corrected chi connectivity index (χ2v) is 6.04. The average Bonchev–Trinajstić information content (AvgIpc) is 2.28. The first-order chi connectivity index (χ1) is 8.40. The lowest BCUT2D eigenvalue weighted by molar-refractivity contribution is 0.303. The van der Waals surface area contributed by atoms with E-state index in [0.717, 1.165) is 18.7 Å². The van der Waals surface area contributed by atoms with Crippen molar-refractivity contribution in [1.29, 1.82) is 0 Å². The average molecular weight is 249 g/mol. The molecule has 1 rings (SSSR count). The van der Waals surface area contributed by atoms with E-state index in [2.05, 4.69) is 51.2 Å². The summed E-state index contributed by atoms with van der Waals surface area (Å²) in [6.45, 7) is 10.1. The van der Waals surface area contributed by atoms with Crippen LogP contribution in [-0.4, -0.2) is 20.7 Å². The van der Waals surface area contributed by atoms with Gasteiger partial charge in [0.1, 0.15) is 5.75 Å². The molecule has 2 nitrogen and oxygen atoms in total. The highest BCUT2D eigenvalue weighted by atomic mass is 16.5. The lowest BCUT2D eigenvalue weighted by Crippen LogP contribution is -2.23. The first-order valence-electron chi connectivity index (χ1n) is 6.69. The van der Waals surface area contributed by atoms with Crippen LogP contribution >= 0.6 is 0 Å². The highest BCUT2D eigenvalue weighted by molar-refractivity contribution is 5.38. The van der Waals surface area contributed by atoms with Gasteiger partial charge < -0.3 is 10.1 Å². The van der Waals surface area contributed by atoms with Crippen LogP contribution in [0.15, 0.2) is 18.2 Å². The highest BCUT2D eigenvalue weighted by Gasteiger charge is 2.26. The number of aryl methyl sites for hydroxylation is 1. The molecule has 0 heterocycles. The van der Waals surface area contributed by atoms with Gasteiger partial charge in [-0.2, -0.15) is 0 Å². The molecule has 1 atom stereocenters. The van der Waals surface area contributed by atoms with Crippen molar-refractivity contribution in [3.05, 3.63) is 29.3 Å². The summed E-state index contributed by atoms with van der Waals surface area (Å²) in [6, 6.07) is 6.56. The van der Waals surface area contributed by atoms with Crippen LogP contribution in [-0.2, 0) is 0 Å². The van der Waals surface area contributed by atoms with E-state index in [1.54, 1.807) is 7.11 Å². The van der Waals surface area contributed by atoms with Crippen LogP contribution in [0, 0.1) is 12.3 Å². The summed E-state index contributed by atoms with van der Waals surface area (Å²) in [4.78, 5) is 0. The van der Waals surface area contributed by atoms with Gasteiger partial charge in [0.25, 0.3) is 0 Å². The molecule has 18 heavy (non-hydrogen) atoms. The van der Waals surface area contributed by atoms with E-state index in [-0.39, 0.29) is 5.41 Å². The number of methoxy groups -OCH3 is 1. The van der Waals surface area contributed by atoms with E-state index in [1.165, 1.54) is 11.1 Å². The maximum Gasteiger partial charge on any atom is 0.121 e. The van der Waals surface area contributed by atoms with Gasteiger partial charge >= 0.3 is 0 Å². The molecule has 1 unspecified atom stereocenters. The molecular formula is C16H27NO. The molecule has 0 fully saturated rings. The largest absolute Gasteiger partial charge is 0.496 e. The summed E-state index contributed by atoms with van der Waals surface area (Å²) >= 11 is 0. The molecule has 0 radical (unpaired) electrons. The van der Waals surface area contributed by atoms with Gasteiger partial charge in [0.15, 0.2) is 0 Å². The van der Waals surface area contributed by atoms with Crippen LogP contribution < -0.4 is 10.1 Å². The van der Waals surface area contributed by atoms with Crippen LogP contribution in [0.5, 0.6) is 5.75 Å². The minimum absolute atomic E-state index is 0.276. The van der Waals surface area contributed by atoms with Crippen LogP contribution in [0.25, 0.3) is 0 Å². The molecule has 1 N–H and O–H groups in total. The first-order valence-corrected chi connectivity index (χ1v) is 6.69. The summed E-state index contributed by atoms with van der Waals surface area (Å²) < 4.78 is 5.33. The van der Waals surface area contributed by atoms with Crippen LogP contribution in [0.3, 0.4) is 0 Å². The van der Waals surface area contributed by atoms with Crippen LogP contribution in [0.1, 0.15) is 44.2 Å². The number of benzene rings is 1. The van der Waals surface area contributed by atoms with E-state index in [0.29, 0.717) is 5.92 Å². The van der Waals surface area contributed by atoms with Gasteiger partial charge in [-0.1, -0.05) is 32.9 Å². The zero-order chi connectivity index (χ0) is 13.8. The molecule has 102 valence electrons. The molecule has 0 aromatic heterocycles. The number of ether oxygens (including phenoxy) is 1. The Labute approximate surface area is 112 Å². The topological polar surface area (TPSA) is 21.3 Å². The van der Waals surface area contributed by atoms with Crippen molar-refractivity contribution in [2.75, 3.05) is 20.7 Å². The van der Waals surface area contributed by atoms with Gasteiger partial charge in [0.05, 0.1) is 7.11 Å². The van der Waals surface area contributed by atoms with Crippen molar-refractivity contribution >= 4 is 0 Å². The Morgan fingerprint density at radius 1 is 1.28 bits per heavy atom.